The van der Waals surface area contributed by atoms with Crippen molar-refractivity contribution in [2.45, 2.75) is 0 Å². The smallest absolute Gasteiger partial charge is 0.264 e. The van der Waals surface area contributed by atoms with Gasteiger partial charge in [0.25, 0.3) is 20.2 Å². The van der Waals surface area contributed by atoms with Crippen molar-refractivity contribution >= 4 is 20.2 Å². The van der Waals surface area contributed by atoms with E-state index in [0.29, 0.717) is 13.2 Å². The van der Waals surface area contributed by atoms with Crippen LogP contribution in [0.2, 0.25) is 0 Å². The van der Waals surface area contributed by atoms with Gasteiger partial charge in [-0.2, -0.15) is 16.8 Å². The van der Waals surface area contributed by atoms with Crippen molar-refractivity contribution in [2.75, 3.05) is 38.9 Å². The Kier molecular flexibility index (Phi) is 4.90. The minimum atomic E-state index is -3.49. The van der Waals surface area contributed by atoms with Crippen LogP contribution in [0, 0.1) is 11.8 Å². The second kappa shape index (κ2) is 5.61. The average molecular weight is 288 g/mol. The summed E-state index contributed by atoms with van der Waals surface area (Å²) >= 11 is 0. The van der Waals surface area contributed by atoms with Crippen molar-refractivity contribution < 1.29 is 29.9 Å². The molecular formula is C8H16O7S2. The third kappa shape index (κ3) is 6.32. The van der Waals surface area contributed by atoms with Gasteiger partial charge in [-0.3, -0.25) is 8.37 Å². The van der Waals surface area contributed by atoms with Gasteiger partial charge in [0, 0.05) is 11.8 Å². The van der Waals surface area contributed by atoms with Crippen LogP contribution in [-0.2, 0) is 33.3 Å². The summed E-state index contributed by atoms with van der Waals surface area (Å²) in [6.45, 7) is 0.647. The maximum Gasteiger partial charge on any atom is 0.264 e. The monoisotopic (exact) mass is 288 g/mol. The van der Waals surface area contributed by atoms with Crippen LogP contribution in [0.1, 0.15) is 0 Å². The van der Waals surface area contributed by atoms with Crippen LogP contribution in [0.4, 0.5) is 0 Å². The number of rotatable bonds is 6. The van der Waals surface area contributed by atoms with E-state index in [-0.39, 0.29) is 25.0 Å². The summed E-state index contributed by atoms with van der Waals surface area (Å²) in [7, 11) is -6.99. The largest absolute Gasteiger partial charge is 0.381 e. The fourth-order valence-electron chi connectivity index (χ4n) is 1.43. The molecule has 0 spiro atoms. The molecule has 1 rings (SSSR count). The topological polar surface area (TPSA) is 96.0 Å². The molecule has 0 saturated carbocycles. The quantitative estimate of drug-likeness (QED) is 0.590. The van der Waals surface area contributed by atoms with Gasteiger partial charge in [0.15, 0.2) is 0 Å². The van der Waals surface area contributed by atoms with E-state index in [4.69, 9.17) is 4.74 Å². The van der Waals surface area contributed by atoms with Crippen LogP contribution >= 0.6 is 0 Å². The lowest BCUT2D eigenvalue weighted by Gasteiger charge is -2.15. The summed E-state index contributed by atoms with van der Waals surface area (Å²) in [6, 6.07) is 0. The van der Waals surface area contributed by atoms with E-state index in [1.807, 2.05) is 0 Å². The molecule has 7 nitrogen and oxygen atoms in total. The Bertz CT molecular complexity index is 396. The second-order valence-electron chi connectivity index (χ2n) is 4.03. The first-order chi connectivity index (χ1) is 7.67. The fourth-order valence-corrected chi connectivity index (χ4v) is 2.28. The zero-order chi connectivity index (χ0) is 13.1. The van der Waals surface area contributed by atoms with E-state index in [9.17, 15) is 16.8 Å². The minimum absolute atomic E-state index is 0.0172. The first-order valence-electron chi connectivity index (χ1n) is 4.94. The lowest BCUT2D eigenvalue weighted by molar-refractivity contribution is 0.167. The molecule has 102 valence electrons. The molecule has 0 radical (unpaired) electrons. The highest BCUT2D eigenvalue weighted by Crippen LogP contribution is 2.22. The van der Waals surface area contributed by atoms with Gasteiger partial charge in [-0.25, -0.2) is 0 Å². The van der Waals surface area contributed by atoms with Crippen LogP contribution in [0.3, 0.4) is 0 Å². The Hall–Kier alpha value is -0.220. The zero-order valence-electron chi connectivity index (χ0n) is 9.66. The van der Waals surface area contributed by atoms with Gasteiger partial charge in [-0.05, 0) is 0 Å². The molecule has 9 heteroatoms. The minimum Gasteiger partial charge on any atom is -0.381 e. The molecule has 1 saturated heterocycles. The molecule has 0 bridgehead atoms. The Morgan fingerprint density at radius 1 is 0.941 bits per heavy atom. The Morgan fingerprint density at radius 2 is 1.29 bits per heavy atom. The first-order valence-corrected chi connectivity index (χ1v) is 8.57. The summed E-state index contributed by atoms with van der Waals surface area (Å²) in [5.74, 6) is -0.349. The maximum atomic E-state index is 10.8. The molecule has 0 aromatic carbocycles. The van der Waals surface area contributed by atoms with Crippen LogP contribution in [0.15, 0.2) is 0 Å². The van der Waals surface area contributed by atoms with Gasteiger partial charge in [0.1, 0.15) is 0 Å². The number of hydrogen-bond acceptors (Lipinski definition) is 7. The van der Waals surface area contributed by atoms with Crippen molar-refractivity contribution in [1.82, 2.24) is 0 Å². The molecule has 2 atom stereocenters. The SMILES string of the molecule is CS(=O)(=O)OC[C@H]1COC[C@H]1COS(C)(=O)=O. The molecule has 0 N–H and O–H groups in total. The molecule has 1 fully saturated rings. The molecule has 1 heterocycles. The zero-order valence-corrected chi connectivity index (χ0v) is 11.3. The first kappa shape index (κ1) is 14.8. The fraction of sp³-hybridized carbons (Fsp3) is 1.00. The third-order valence-corrected chi connectivity index (χ3v) is 3.45. The van der Waals surface area contributed by atoms with Gasteiger partial charge in [-0.1, -0.05) is 0 Å². The third-order valence-electron chi connectivity index (χ3n) is 2.32. The molecule has 0 unspecified atom stereocenters. The van der Waals surface area contributed by atoms with Crippen LogP contribution in [-0.4, -0.2) is 55.8 Å². The van der Waals surface area contributed by atoms with Gasteiger partial charge in [-0.15, -0.1) is 0 Å². The highest BCUT2D eigenvalue weighted by Gasteiger charge is 2.30. The Balaban J connectivity index is 2.44. The van der Waals surface area contributed by atoms with E-state index in [1.54, 1.807) is 0 Å². The van der Waals surface area contributed by atoms with Crippen LogP contribution < -0.4 is 0 Å². The lowest BCUT2D eigenvalue weighted by Crippen LogP contribution is -2.25. The molecule has 0 aromatic rings. The summed E-state index contributed by atoms with van der Waals surface area (Å²) in [4.78, 5) is 0. The molecule has 0 aliphatic carbocycles. The van der Waals surface area contributed by atoms with Gasteiger partial charge in [0.05, 0.1) is 38.9 Å². The van der Waals surface area contributed by atoms with E-state index < -0.39 is 20.2 Å². The van der Waals surface area contributed by atoms with E-state index in [2.05, 4.69) is 8.37 Å². The lowest BCUT2D eigenvalue weighted by atomic mass is 9.98. The molecule has 1 aliphatic rings. The van der Waals surface area contributed by atoms with E-state index in [1.165, 1.54) is 0 Å². The number of ether oxygens (including phenoxy) is 1. The average Bonchev–Trinajstić information content (AvgIpc) is 2.56. The molecule has 1 aliphatic heterocycles. The highest BCUT2D eigenvalue weighted by molar-refractivity contribution is 7.86. The van der Waals surface area contributed by atoms with E-state index >= 15 is 0 Å². The molecule has 0 aromatic heterocycles. The van der Waals surface area contributed by atoms with Crippen LogP contribution in [0.5, 0.6) is 0 Å². The van der Waals surface area contributed by atoms with Gasteiger partial charge >= 0.3 is 0 Å². The Morgan fingerprint density at radius 3 is 1.59 bits per heavy atom. The Labute approximate surface area is 101 Å². The van der Waals surface area contributed by atoms with Crippen molar-refractivity contribution in [3.63, 3.8) is 0 Å². The maximum absolute atomic E-state index is 10.8. The highest BCUT2D eigenvalue weighted by atomic mass is 32.2. The predicted octanol–water partition coefficient (Wildman–Crippen LogP) is -0.799. The molecule has 17 heavy (non-hydrogen) atoms. The van der Waals surface area contributed by atoms with Gasteiger partial charge < -0.3 is 4.74 Å². The number of hydrogen-bond donors (Lipinski definition) is 0. The van der Waals surface area contributed by atoms with E-state index in [0.717, 1.165) is 12.5 Å². The van der Waals surface area contributed by atoms with Crippen molar-refractivity contribution in [2.24, 2.45) is 11.8 Å². The molecular weight excluding hydrogens is 272 g/mol. The van der Waals surface area contributed by atoms with Gasteiger partial charge in [0.2, 0.25) is 0 Å². The normalized spacial score (nSPS) is 26.2. The second-order valence-corrected chi connectivity index (χ2v) is 7.32. The predicted molar refractivity (Wildman–Crippen MR) is 59.4 cm³/mol. The van der Waals surface area contributed by atoms with Crippen molar-refractivity contribution in [3.8, 4) is 0 Å². The summed E-state index contributed by atoms with van der Waals surface area (Å²) in [5.41, 5.74) is 0. The van der Waals surface area contributed by atoms with Crippen molar-refractivity contribution in [1.29, 1.82) is 0 Å². The summed E-state index contributed by atoms with van der Waals surface area (Å²) < 4.78 is 57.8. The van der Waals surface area contributed by atoms with Crippen molar-refractivity contribution in [3.05, 3.63) is 0 Å². The molecule has 0 amide bonds. The summed E-state index contributed by atoms with van der Waals surface area (Å²) in [6.07, 6.45) is 1.93. The summed E-state index contributed by atoms with van der Waals surface area (Å²) in [5, 5.41) is 0. The standard InChI is InChI=1S/C8H16O7S2/c1-16(9,10)14-5-7-3-13-4-8(7)6-15-17(2,11)12/h7-8H,3-6H2,1-2H3/t7-,8+. The van der Waals surface area contributed by atoms with Crippen LogP contribution in [0.25, 0.3) is 0 Å².